The second-order valence-electron chi connectivity index (χ2n) is 7.65. The Hall–Kier alpha value is -3.34. The largest absolute Gasteiger partial charge is 0.459 e. The van der Waals surface area contributed by atoms with E-state index in [9.17, 15) is 9.59 Å². The first-order chi connectivity index (χ1) is 14.7. The summed E-state index contributed by atoms with van der Waals surface area (Å²) in [6.07, 6.45) is 4.46. The minimum atomic E-state index is -0.334. The Labute approximate surface area is 176 Å². The highest BCUT2D eigenvalue weighted by atomic mass is 16.3. The van der Waals surface area contributed by atoms with Crippen LogP contribution in [-0.4, -0.2) is 29.3 Å². The van der Waals surface area contributed by atoms with E-state index in [-0.39, 0.29) is 23.6 Å². The Balaban J connectivity index is 1.52. The number of nitrogens with zero attached hydrogens (tertiary/aromatic N) is 1. The van der Waals surface area contributed by atoms with Gasteiger partial charge in [-0.3, -0.25) is 9.59 Å². The third-order valence-electron chi connectivity index (χ3n) is 5.80. The van der Waals surface area contributed by atoms with Gasteiger partial charge < -0.3 is 14.6 Å². The monoisotopic (exact) mass is 402 g/mol. The topological polar surface area (TPSA) is 62.6 Å². The van der Waals surface area contributed by atoms with Gasteiger partial charge in [-0.2, -0.15) is 0 Å². The van der Waals surface area contributed by atoms with Crippen LogP contribution in [0.15, 0.2) is 77.4 Å². The molecule has 1 N–H and O–H groups in total. The fourth-order valence-corrected chi connectivity index (χ4v) is 4.39. The van der Waals surface area contributed by atoms with E-state index in [0.29, 0.717) is 17.2 Å². The average molecular weight is 402 g/mol. The zero-order valence-electron chi connectivity index (χ0n) is 17.1. The predicted octanol–water partition coefficient (Wildman–Crippen LogP) is 5.33. The average Bonchev–Trinajstić information content (AvgIpc) is 3.47. The van der Waals surface area contributed by atoms with E-state index in [1.165, 1.54) is 11.8 Å². The van der Waals surface area contributed by atoms with Gasteiger partial charge in [0, 0.05) is 29.8 Å². The molecule has 1 aromatic heterocycles. The van der Waals surface area contributed by atoms with E-state index in [0.717, 1.165) is 25.8 Å². The molecule has 0 radical (unpaired) electrons. The van der Waals surface area contributed by atoms with Crippen LogP contribution in [0.1, 0.15) is 58.6 Å². The highest BCUT2D eigenvalue weighted by Crippen LogP contribution is 2.34. The number of carbonyl (C=O) groups is 2. The standard InChI is InChI=1S/C25H26N2O3/c1-2-21(18-9-4-3-5-10-18)22-13-7-15-27(22)25(29)19-11-6-12-20(17-19)26-24(28)23-14-8-16-30-23/h3-6,8-12,14,16-17,21-22H,2,7,13,15H2,1H3,(H,26,28). The minimum absolute atomic E-state index is 0.0148. The van der Waals surface area contributed by atoms with Gasteiger partial charge in [0.05, 0.1) is 6.26 Å². The molecule has 2 unspecified atom stereocenters. The molecule has 4 rings (SSSR count). The van der Waals surface area contributed by atoms with Gasteiger partial charge >= 0.3 is 0 Å². The molecule has 30 heavy (non-hydrogen) atoms. The van der Waals surface area contributed by atoms with Crippen LogP contribution in [0.2, 0.25) is 0 Å². The van der Waals surface area contributed by atoms with Gasteiger partial charge in [-0.25, -0.2) is 0 Å². The van der Waals surface area contributed by atoms with Crippen molar-refractivity contribution in [2.24, 2.45) is 0 Å². The summed E-state index contributed by atoms with van der Waals surface area (Å²) in [7, 11) is 0. The van der Waals surface area contributed by atoms with Crippen molar-refractivity contribution >= 4 is 17.5 Å². The number of hydrogen-bond donors (Lipinski definition) is 1. The molecule has 1 aliphatic rings. The number of anilines is 1. The highest BCUT2D eigenvalue weighted by molar-refractivity contribution is 6.03. The lowest BCUT2D eigenvalue weighted by atomic mass is 9.87. The van der Waals surface area contributed by atoms with Crippen LogP contribution in [-0.2, 0) is 0 Å². The lowest BCUT2D eigenvalue weighted by Gasteiger charge is -2.32. The number of hydrogen-bond acceptors (Lipinski definition) is 3. The molecule has 1 fully saturated rings. The van der Waals surface area contributed by atoms with Crippen LogP contribution in [0.3, 0.4) is 0 Å². The van der Waals surface area contributed by atoms with Crippen LogP contribution in [0, 0.1) is 0 Å². The fourth-order valence-electron chi connectivity index (χ4n) is 4.39. The molecule has 2 amide bonds. The van der Waals surface area contributed by atoms with E-state index in [2.05, 4.69) is 36.5 Å². The lowest BCUT2D eigenvalue weighted by molar-refractivity contribution is 0.0714. The van der Waals surface area contributed by atoms with Crippen LogP contribution < -0.4 is 5.32 Å². The second kappa shape index (κ2) is 8.99. The summed E-state index contributed by atoms with van der Waals surface area (Å²) in [6, 6.07) is 21.0. The zero-order chi connectivity index (χ0) is 20.9. The van der Waals surface area contributed by atoms with Crippen molar-refractivity contribution in [3.8, 4) is 0 Å². The Morgan fingerprint density at radius 1 is 1.10 bits per heavy atom. The number of carbonyl (C=O) groups excluding carboxylic acids is 2. The molecule has 5 nitrogen and oxygen atoms in total. The number of furan rings is 1. The van der Waals surface area contributed by atoms with Crippen molar-refractivity contribution in [2.45, 2.75) is 38.1 Å². The van der Waals surface area contributed by atoms with Crippen molar-refractivity contribution in [1.29, 1.82) is 0 Å². The normalized spacial score (nSPS) is 17.0. The molecule has 1 aliphatic heterocycles. The van der Waals surface area contributed by atoms with E-state index in [1.54, 1.807) is 30.3 Å². The van der Waals surface area contributed by atoms with Gasteiger partial charge in [0.1, 0.15) is 0 Å². The van der Waals surface area contributed by atoms with Gasteiger partial charge in [0.25, 0.3) is 11.8 Å². The van der Waals surface area contributed by atoms with Crippen molar-refractivity contribution in [3.05, 3.63) is 89.9 Å². The third kappa shape index (κ3) is 4.15. The first kappa shape index (κ1) is 20.0. The van der Waals surface area contributed by atoms with E-state index >= 15 is 0 Å². The molecule has 2 aromatic carbocycles. The quantitative estimate of drug-likeness (QED) is 0.606. The Bertz CT molecular complexity index is 998. The number of benzene rings is 2. The number of likely N-dealkylation sites (tertiary alicyclic amines) is 1. The highest BCUT2D eigenvalue weighted by Gasteiger charge is 2.35. The molecule has 2 atom stereocenters. The van der Waals surface area contributed by atoms with E-state index in [1.807, 2.05) is 17.0 Å². The van der Waals surface area contributed by atoms with Gasteiger partial charge in [-0.1, -0.05) is 43.3 Å². The van der Waals surface area contributed by atoms with Crippen molar-refractivity contribution in [2.75, 3.05) is 11.9 Å². The van der Waals surface area contributed by atoms with Crippen molar-refractivity contribution < 1.29 is 14.0 Å². The SMILES string of the molecule is CCC(c1ccccc1)C1CCCN1C(=O)c1cccc(NC(=O)c2ccco2)c1. The summed E-state index contributed by atoms with van der Waals surface area (Å²) in [5.41, 5.74) is 2.44. The van der Waals surface area contributed by atoms with Crippen LogP contribution in [0.25, 0.3) is 0 Å². The molecule has 1 saturated heterocycles. The summed E-state index contributed by atoms with van der Waals surface area (Å²) in [4.78, 5) is 27.6. The maximum absolute atomic E-state index is 13.4. The molecule has 5 heteroatoms. The first-order valence-electron chi connectivity index (χ1n) is 10.5. The van der Waals surface area contributed by atoms with Crippen LogP contribution in [0.5, 0.6) is 0 Å². The Kier molecular flexibility index (Phi) is 5.98. The summed E-state index contributed by atoms with van der Waals surface area (Å²) in [6.45, 7) is 2.94. The van der Waals surface area contributed by atoms with Crippen LogP contribution >= 0.6 is 0 Å². The summed E-state index contributed by atoms with van der Waals surface area (Å²) in [5, 5.41) is 2.80. The van der Waals surface area contributed by atoms with Gasteiger partial charge in [-0.05, 0) is 55.2 Å². The summed E-state index contributed by atoms with van der Waals surface area (Å²) < 4.78 is 5.13. The number of rotatable bonds is 6. The smallest absolute Gasteiger partial charge is 0.291 e. The number of nitrogens with one attached hydrogen (secondary N) is 1. The first-order valence-corrected chi connectivity index (χ1v) is 10.5. The van der Waals surface area contributed by atoms with Gasteiger partial charge in [0.15, 0.2) is 5.76 Å². The predicted molar refractivity (Wildman–Crippen MR) is 117 cm³/mol. The van der Waals surface area contributed by atoms with Crippen molar-refractivity contribution in [1.82, 2.24) is 4.90 Å². The van der Waals surface area contributed by atoms with Crippen LogP contribution in [0.4, 0.5) is 5.69 Å². The Morgan fingerprint density at radius 2 is 1.93 bits per heavy atom. The maximum Gasteiger partial charge on any atom is 0.291 e. The fraction of sp³-hybridized carbons (Fsp3) is 0.280. The molecule has 154 valence electrons. The lowest BCUT2D eigenvalue weighted by Crippen LogP contribution is -2.39. The summed E-state index contributed by atoms with van der Waals surface area (Å²) >= 11 is 0. The minimum Gasteiger partial charge on any atom is -0.459 e. The second-order valence-corrected chi connectivity index (χ2v) is 7.65. The summed E-state index contributed by atoms with van der Waals surface area (Å²) in [5.74, 6) is 0.235. The molecule has 0 aliphatic carbocycles. The molecule has 2 heterocycles. The third-order valence-corrected chi connectivity index (χ3v) is 5.80. The molecular formula is C25H26N2O3. The molecular weight excluding hydrogens is 376 g/mol. The van der Waals surface area contributed by atoms with E-state index < -0.39 is 0 Å². The molecule has 3 aromatic rings. The number of amides is 2. The molecule has 0 saturated carbocycles. The van der Waals surface area contributed by atoms with Crippen molar-refractivity contribution in [3.63, 3.8) is 0 Å². The molecule has 0 spiro atoms. The van der Waals surface area contributed by atoms with E-state index in [4.69, 9.17) is 4.42 Å². The molecule has 0 bridgehead atoms. The Morgan fingerprint density at radius 3 is 2.67 bits per heavy atom. The zero-order valence-corrected chi connectivity index (χ0v) is 17.1. The van der Waals surface area contributed by atoms with Gasteiger partial charge in [0.2, 0.25) is 0 Å². The van der Waals surface area contributed by atoms with Gasteiger partial charge in [-0.15, -0.1) is 0 Å². The maximum atomic E-state index is 13.4.